The summed E-state index contributed by atoms with van der Waals surface area (Å²) in [6.45, 7) is 1.70. The van der Waals surface area contributed by atoms with Crippen LogP contribution in [-0.4, -0.2) is 54.2 Å². The summed E-state index contributed by atoms with van der Waals surface area (Å²) in [6, 6.07) is 6.62. The van der Waals surface area contributed by atoms with E-state index >= 15 is 0 Å². The first kappa shape index (κ1) is 20.5. The Morgan fingerprint density at radius 3 is 2.83 bits per heavy atom. The number of methoxy groups -OCH3 is 1. The summed E-state index contributed by atoms with van der Waals surface area (Å²) in [5, 5.41) is 9.25. The van der Waals surface area contributed by atoms with Crippen LogP contribution in [-0.2, 0) is 9.53 Å². The molecule has 0 unspecified atom stereocenters. The Labute approximate surface area is 171 Å². The summed E-state index contributed by atoms with van der Waals surface area (Å²) in [6.07, 6.45) is 2.31. The van der Waals surface area contributed by atoms with Crippen LogP contribution in [0.1, 0.15) is 5.56 Å². The van der Waals surface area contributed by atoms with Gasteiger partial charge in [0.25, 0.3) is 11.8 Å². The van der Waals surface area contributed by atoms with Crippen molar-refractivity contribution >= 4 is 23.6 Å². The van der Waals surface area contributed by atoms with Gasteiger partial charge in [0.15, 0.2) is 11.5 Å². The van der Waals surface area contributed by atoms with Gasteiger partial charge in [0.1, 0.15) is 11.6 Å². The minimum absolute atomic E-state index is 0.0423. The van der Waals surface area contributed by atoms with Crippen molar-refractivity contribution in [1.82, 2.24) is 14.9 Å². The van der Waals surface area contributed by atoms with Gasteiger partial charge < -0.3 is 19.1 Å². The maximum atomic E-state index is 13.9. The molecule has 0 N–H and O–H groups in total. The lowest BCUT2D eigenvalue weighted by Gasteiger charge is -2.26. The number of rotatable bonds is 5. The van der Waals surface area contributed by atoms with Gasteiger partial charge >= 0.3 is 0 Å². The van der Waals surface area contributed by atoms with Crippen LogP contribution in [0.25, 0.3) is 6.08 Å². The highest BCUT2D eigenvalue weighted by Crippen LogP contribution is 2.33. The fraction of sp³-hybridized carbons (Fsp3) is 0.263. The molecule has 0 atom stereocenters. The second-order valence-corrected chi connectivity index (χ2v) is 6.22. The molecule has 1 aliphatic heterocycles. The zero-order valence-electron chi connectivity index (χ0n) is 15.4. The molecule has 10 heteroatoms. The van der Waals surface area contributed by atoms with Crippen molar-refractivity contribution in [2.24, 2.45) is 0 Å². The molecule has 0 aliphatic carbocycles. The quantitative estimate of drug-likeness (QED) is 0.418. The van der Waals surface area contributed by atoms with E-state index in [2.05, 4.69) is 9.97 Å². The van der Waals surface area contributed by atoms with E-state index in [1.165, 1.54) is 19.3 Å². The lowest BCUT2D eigenvalue weighted by Crippen LogP contribution is -2.41. The van der Waals surface area contributed by atoms with E-state index in [1.807, 2.05) is 6.07 Å². The Balaban J connectivity index is 1.90. The van der Waals surface area contributed by atoms with Crippen LogP contribution in [0.2, 0.25) is 5.28 Å². The summed E-state index contributed by atoms with van der Waals surface area (Å²) >= 11 is 5.69. The van der Waals surface area contributed by atoms with Gasteiger partial charge in [-0.3, -0.25) is 4.79 Å². The van der Waals surface area contributed by atoms with Crippen molar-refractivity contribution in [2.75, 3.05) is 33.4 Å². The monoisotopic (exact) mass is 418 g/mol. The number of halogens is 2. The number of nitriles is 1. The molecule has 0 spiro atoms. The van der Waals surface area contributed by atoms with Crippen LogP contribution >= 0.6 is 11.6 Å². The zero-order valence-corrected chi connectivity index (χ0v) is 16.1. The molecule has 2 heterocycles. The number of aromatic nitrogens is 2. The smallest absolute Gasteiger partial charge is 0.264 e. The molecule has 1 saturated heterocycles. The number of carbonyl (C=O) groups is 1. The molecule has 29 heavy (non-hydrogen) atoms. The molecule has 8 nitrogen and oxygen atoms in total. The molecule has 3 rings (SSSR count). The number of carbonyl (C=O) groups excluding carboxylic acids is 1. The zero-order chi connectivity index (χ0) is 20.8. The predicted molar refractivity (Wildman–Crippen MR) is 101 cm³/mol. The van der Waals surface area contributed by atoms with E-state index in [-0.39, 0.29) is 28.4 Å². The molecule has 0 saturated carbocycles. The maximum absolute atomic E-state index is 13.9. The van der Waals surface area contributed by atoms with Gasteiger partial charge in [-0.05, 0) is 35.4 Å². The van der Waals surface area contributed by atoms with Crippen molar-refractivity contribution < 1.29 is 23.4 Å². The van der Waals surface area contributed by atoms with Gasteiger partial charge in [-0.1, -0.05) is 6.07 Å². The number of ether oxygens (including phenoxy) is 3. The van der Waals surface area contributed by atoms with E-state index in [1.54, 1.807) is 17.0 Å². The van der Waals surface area contributed by atoms with Crippen molar-refractivity contribution in [3.63, 3.8) is 0 Å². The molecule has 0 radical (unpaired) electrons. The van der Waals surface area contributed by atoms with Crippen LogP contribution in [0, 0.1) is 17.1 Å². The van der Waals surface area contributed by atoms with E-state index in [0.29, 0.717) is 37.6 Å². The lowest BCUT2D eigenvalue weighted by atomic mass is 10.1. The number of benzene rings is 1. The average molecular weight is 419 g/mol. The molecule has 1 aromatic carbocycles. The molecule has 150 valence electrons. The molecular weight excluding hydrogens is 403 g/mol. The van der Waals surface area contributed by atoms with Crippen molar-refractivity contribution in [3.8, 4) is 23.4 Å². The second-order valence-electron chi connectivity index (χ2n) is 5.88. The first-order valence-corrected chi connectivity index (χ1v) is 8.92. The largest absolute Gasteiger partial charge is 0.493 e. The van der Waals surface area contributed by atoms with Crippen molar-refractivity contribution in [3.05, 3.63) is 46.6 Å². The van der Waals surface area contributed by atoms with Gasteiger partial charge in [0.2, 0.25) is 11.1 Å². The summed E-state index contributed by atoms with van der Waals surface area (Å²) < 4.78 is 29.8. The Morgan fingerprint density at radius 1 is 1.38 bits per heavy atom. The van der Waals surface area contributed by atoms with Gasteiger partial charge in [0.05, 0.1) is 26.5 Å². The molecular formula is C19H16ClFN4O4. The van der Waals surface area contributed by atoms with Gasteiger partial charge in [-0.2, -0.15) is 14.6 Å². The number of hydrogen-bond acceptors (Lipinski definition) is 7. The van der Waals surface area contributed by atoms with E-state index in [0.717, 1.165) is 6.20 Å². The first-order chi connectivity index (χ1) is 14.0. The fourth-order valence-electron chi connectivity index (χ4n) is 2.62. The third-order valence-corrected chi connectivity index (χ3v) is 4.22. The summed E-state index contributed by atoms with van der Waals surface area (Å²) in [4.78, 5) is 21.3. The number of morpholine rings is 1. The van der Waals surface area contributed by atoms with Crippen molar-refractivity contribution in [2.45, 2.75) is 0 Å². The Bertz CT molecular complexity index is 987. The highest BCUT2D eigenvalue weighted by Gasteiger charge is 2.21. The number of nitrogens with zero attached hydrogens (tertiary/aromatic N) is 4. The van der Waals surface area contributed by atoms with E-state index in [4.69, 9.17) is 25.8 Å². The standard InChI is InChI=1S/C19H16ClFN4O4/c1-27-15-3-2-12(8-13(10-22)18(26)25-4-6-28-7-5-25)9-16(15)29-17-14(21)11-23-19(20)24-17/h2-3,8-9,11H,4-7H2,1H3/b13-8+. The normalized spacial score (nSPS) is 14.3. The Kier molecular flexibility index (Phi) is 6.59. The van der Waals surface area contributed by atoms with E-state index in [9.17, 15) is 14.4 Å². The first-order valence-electron chi connectivity index (χ1n) is 8.54. The van der Waals surface area contributed by atoms with Crippen LogP contribution < -0.4 is 9.47 Å². The van der Waals surface area contributed by atoms with Crippen LogP contribution in [0.15, 0.2) is 30.0 Å². The Hall–Kier alpha value is -3.22. The van der Waals surface area contributed by atoms with Crippen LogP contribution in [0.3, 0.4) is 0 Å². The minimum atomic E-state index is -0.808. The minimum Gasteiger partial charge on any atom is -0.493 e. The Morgan fingerprint density at radius 2 is 2.14 bits per heavy atom. The average Bonchev–Trinajstić information content (AvgIpc) is 2.75. The fourth-order valence-corrected chi connectivity index (χ4v) is 2.74. The number of amides is 1. The molecule has 1 aromatic heterocycles. The van der Waals surface area contributed by atoms with E-state index < -0.39 is 5.82 Å². The van der Waals surface area contributed by atoms with Gasteiger partial charge in [-0.25, -0.2) is 4.98 Å². The molecule has 1 fully saturated rings. The molecule has 1 aliphatic rings. The van der Waals surface area contributed by atoms with Crippen molar-refractivity contribution in [1.29, 1.82) is 5.26 Å². The SMILES string of the molecule is COc1ccc(/C=C(\C#N)C(=O)N2CCOCC2)cc1Oc1nc(Cl)ncc1F. The molecule has 1 amide bonds. The molecule has 2 aromatic rings. The highest BCUT2D eigenvalue weighted by atomic mass is 35.5. The van der Waals surface area contributed by atoms with Crippen LogP contribution in [0.4, 0.5) is 4.39 Å². The van der Waals surface area contributed by atoms with Gasteiger partial charge in [-0.15, -0.1) is 0 Å². The predicted octanol–water partition coefficient (Wildman–Crippen LogP) is 2.84. The third kappa shape index (κ3) is 4.99. The molecule has 0 bridgehead atoms. The topological polar surface area (TPSA) is 97.6 Å². The maximum Gasteiger partial charge on any atom is 0.264 e. The summed E-state index contributed by atoms with van der Waals surface area (Å²) in [5.74, 6) is -1.14. The summed E-state index contributed by atoms with van der Waals surface area (Å²) in [7, 11) is 1.42. The highest BCUT2D eigenvalue weighted by molar-refractivity contribution is 6.28. The van der Waals surface area contributed by atoms with Crippen LogP contribution in [0.5, 0.6) is 17.4 Å². The lowest BCUT2D eigenvalue weighted by molar-refractivity contribution is -0.130. The second kappa shape index (κ2) is 9.32. The van der Waals surface area contributed by atoms with Gasteiger partial charge in [0, 0.05) is 13.1 Å². The number of hydrogen-bond donors (Lipinski definition) is 0. The summed E-state index contributed by atoms with van der Waals surface area (Å²) in [5.41, 5.74) is 0.443. The third-order valence-electron chi connectivity index (χ3n) is 4.04.